The molecule has 1 aliphatic carbocycles. The van der Waals surface area contributed by atoms with Crippen LogP contribution in [0.2, 0.25) is 0 Å². The SMILES string of the molecule is C[C@@H](NCc1csc(C(=O)O)n1)C1CCCCC1. The van der Waals surface area contributed by atoms with Crippen LogP contribution >= 0.6 is 11.3 Å². The number of thiazole rings is 1. The average Bonchev–Trinajstić information content (AvgIpc) is 2.86. The predicted octanol–water partition coefficient (Wildman–Crippen LogP) is 2.90. The van der Waals surface area contributed by atoms with Gasteiger partial charge >= 0.3 is 5.97 Å². The van der Waals surface area contributed by atoms with Crippen LogP contribution in [0.25, 0.3) is 0 Å². The van der Waals surface area contributed by atoms with Crippen molar-refractivity contribution in [1.29, 1.82) is 0 Å². The molecule has 0 spiro atoms. The van der Waals surface area contributed by atoms with Crippen molar-refractivity contribution < 1.29 is 9.90 Å². The number of aromatic nitrogens is 1. The summed E-state index contributed by atoms with van der Waals surface area (Å²) in [6, 6.07) is 0.486. The largest absolute Gasteiger partial charge is 0.476 e. The number of carboxylic acid groups (broad SMARTS) is 1. The molecule has 2 N–H and O–H groups in total. The number of carboxylic acids is 1. The molecule has 0 radical (unpaired) electrons. The number of carbonyl (C=O) groups is 1. The van der Waals surface area contributed by atoms with Gasteiger partial charge < -0.3 is 10.4 Å². The van der Waals surface area contributed by atoms with E-state index in [1.807, 2.05) is 5.38 Å². The fourth-order valence-electron chi connectivity index (χ4n) is 2.55. The third-order valence-corrected chi connectivity index (χ3v) is 4.58. The zero-order valence-electron chi connectivity index (χ0n) is 10.7. The lowest BCUT2D eigenvalue weighted by molar-refractivity contribution is 0.0696. The topological polar surface area (TPSA) is 62.2 Å². The zero-order valence-corrected chi connectivity index (χ0v) is 11.5. The molecule has 18 heavy (non-hydrogen) atoms. The smallest absolute Gasteiger partial charge is 0.365 e. The zero-order chi connectivity index (χ0) is 13.0. The quantitative estimate of drug-likeness (QED) is 0.862. The monoisotopic (exact) mass is 268 g/mol. The first kappa shape index (κ1) is 13.5. The van der Waals surface area contributed by atoms with E-state index >= 15 is 0 Å². The molecular weight excluding hydrogens is 248 g/mol. The van der Waals surface area contributed by atoms with E-state index in [0.29, 0.717) is 12.6 Å². The molecule has 5 heteroatoms. The second-order valence-electron chi connectivity index (χ2n) is 5.02. The Morgan fingerprint density at radius 1 is 1.56 bits per heavy atom. The molecule has 0 aliphatic heterocycles. The molecule has 1 fully saturated rings. The van der Waals surface area contributed by atoms with Crippen molar-refractivity contribution >= 4 is 17.3 Å². The lowest BCUT2D eigenvalue weighted by atomic mass is 9.84. The summed E-state index contributed by atoms with van der Waals surface area (Å²) in [5.41, 5.74) is 0.833. The first-order valence-corrected chi connectivity index (χ1v) is 7.46. The van der Waals surface area contributed by atoms with Crippen LogP contribution in [0.5, 0.6) is 0 Å². The van der Waals surface area contributed by atoms with E-state index in [0.717, 1.165) is 11.6 Å². The van der Waals surface area contributed by atoms with Crippen LogP contribution in [-0.2, 0) is 6.54 Å². The molecule has 0 unspecified atom stereocenters. The summed E-state index contributed by atoms with van der Waals surface area (Å²) >= 11 is 1.19. The predicted molar refractivity (Wildman–Crippen MR) is 72.0 cm³/mol. The highest BCUT2D eigenvalue weighted by Gasteiger charge is 2.19. The Bertz CT molecular complexity index is 399. The van der Waals surface area contributed by atoms with E-state index in [4.69, 9.17) is 5.11 Å². The van der Waals surface area contributed by atoms with Gasteiger partial charge in [0.1, 0.15) is 0 Å². The molecule has 1 atom stereocenters. The fourth-order valence-corrected chi connectivity index (χ4v) is 3.21. The maximum Gasteiger partial charge on any atom is 0.365 e. The van der Waals surface area contributed by atoms with Crippen molar-refractivity contribution in [2.45, 2.75) is 51.6 Å². The highest BCUT2D eigenvalue weighted by Crippen LogP contribution is 2.26. The summed E-state index contributed by atoms with van der Waals surface area (Å²) in [6.45, 7) is 2.89. The molecule has 100 valence electrons. The minimum Gasteiger partial charge on any atom is -0.476 e. The normalized spacial score (nSPS) is 18.7. The number of rotatable bonds is 5. The van der Waals surface area contributed by atoms with Crippen LogP contribution in [0, 0.1) is 5.92 Å². The van der Waals surface area contributed by atoms with Gasteiger partial charge in [0.05, 0.1) is 5.69 Å². The molecule has 0 aromatic carbocycles. The van der Waals surface area contributed by atoms with Gasteiger partial charge in [0.25, 0.3) is 0 Å². The second-order valence-corrected chi connectivity index (χ2v) is 5.87. The Balaban J connectivity index is 1.80. The van der Waals surface area contributed by atoms with Crippen molar-refractivity contribution in [3.8, 4) is 0 Å². The summed E-state index contributed by atoms with van der Waals surface area (Å²) in [5, 5.41) is 14.3. The Morgan fingerprint density at radius 3 is 2.89 bits per heavy atom. The number of aromatic carboxylic acids is 1. The lowest BCUT2D eigenvalue weighted by Gasteiger charge is -2.28. The molecule has 4 nitrogen and oxygen atoms in total. The van der Waals surface area contributed by atoms with Crippen LogP contribution in [0.1, 0.15) is 54.5 Å². The molecule has 0 saturated heterocycles. The van der Waals surface area contributed by atoms with Crippen molar-refractivity contribution in [3.05, 3.63) is 16.1 Å². The molecule has 1 aromatic heterocycles. The molecule has 1 heterocycles. The third kappa shape index (κ3) is 3.53. The number of nitrogens with zero attached hydrogens (tertiary/aromatic N) is 1. The standard InChI is InChI=1S/C13H20N2O2S/c1-9(10-5-3-2-4-6-10)14-7-11-8-18-12(15-11)13(16)17/h8-10,14H,2-7H2,1H3,(H,16,17)/t9-/m1/s1. The van der Waals surface area contributed by atoms with Crippen LogP contribution in [0.15, 0.2) is 5.38 Å². The minimum absolute atomic E-state index is 0.178. The van der Waals surface area contributed by atoms with Crippen molar-refractivity contribution in [2.24, 2.45) is 5.92 Å². The van der Waals surface area contributed by atoms with Gasteiger partial charge in [-0.25, -0.2) is 9.78 Å². The molecule has 1 aromatic rings. The van der Waals surface area contributed by atoms with Crippen LogP contribution in [0.3, 0.4) is 0 Å². The van der Waals surface area contributed by atoms with E-state index in [1.165, 1.54) is 43.4 Å². The van der Waals surface area contributed by atoms with Gasteiger partial charge in [0.15, 0.2) is 0 Å². The van der Waals surface area contributed by atoms with E-state index in [-0.39, 0.29) is 5.01 Å². The first-order chi connectivity index (χ1) is 8.66. The number of nitrogens with one attached hydrogen (secondary N) is 1. The van der Waals surface area contributed by atoms with Gasteiger partial charge in [-0.2, -0.15) is 0 Å². The summed E-state index contributed by atoms with van der Waals surface area (Å²) in [5.74, 6) is -0.178. The van der Waals surface area contributed by atoms with Gasteiger partial charge in [-0.1, -0.05) is 19.3 Å². The van der Waals surface area contributed by atoms with Gasteiger partial charge in [0.2, 0.25) is 5.01 Å². The molecule has 2 rings (SSSR count). The van der Waals surface area contributed by atoms with Crippen LogP contribution in [-0.4, -0.2) is 22.1 Å². The van der Waals surface area contributed by atoms with Gasteiger partial charge in [-0.15, -0.1) is 11.3 Å². The lowest BCUT2D eigenvalue weighted by Crippen LogP contribution is -2.34. The highest BCUT2D eigenvalue weighted by molar-refractivity contribution is 7.11. The molecule has 1 aliphatic rings. The van der Waals surface area contributed by atoms with Gasteiger partial charge in [-0.3, -0.25) is 0 Å². The van der Waals surface area contributed by atoms with Crippen molar-refractivity contribution in [2.75, 3.05) is 0 Å². The van der Waals surface area contributed by atoms with Crippen LogP contribution < -0.4 is 5.32 Å². The summed E-state index contributed by atoms with van der Waals surface area (Å²) < 4.78 is 0. The average molecular weight is 268 g/mol. The molecule has 0 bridgehead atoms. The maximum atomic E-state index is 10.7. The maximum absolute atomic E-state index is 10.7. The molecule has 1 saturated carbocycles. The van der Waals surface area contributed by atoms with E-state index < -0.39 is 5.97 Å². The van der Waals surface area contributed by atoms with E-state index in [2.05, 4.69) is 17.2 Å². The third-order valence-electron chi connectivity index (χ3n) is 3.70. The fraction of sp³-hybridized carbons (Fsp3) is 0.692. The summed E-state index contributed by atoms with van der Waals surface area (Å²) in [7, 11) is 0. The molecule has 0 amide bonds. The Labute approximate surface area is 111 Å². The van der Waals surface area contributed by atoms with E-state index in [1.54, 1.807) is 0 Å². The van der Waals surface area contributed by atoms with Gasteiger partial charge in [-0.05, 0) is 25.7 Å². The first-order valence-electron chi connectivity index (χ1n) is 6.58. The highest BCUT2D eigenvalue weighted by atomic mass is 32.1. The van der Waals surface area contributed by atoms with Crippen molar-refractivity contribution in [1.82, 2.24) is 10.3 Å². The number of hydrogen-bond acceptors (Lipinski definition) is 4. The summed E-state index contributed by atoms with van der Waals surface area (Å²) in [4.78, 5) is 14.8. The van der Waals surface area contributed by atoms with E-state index in [9.17, 15) is 4.79 Å². The summed E-state index contributed by atoms with van der Waals surface area (Å²) in [6.07, 6.45) is 6.68. The number of hydrogen-bond donors (Lipinski definition) is 2. The molecular formula is C13H20N2O2S. The Hall–Kier alpha value is -0.940. The Morgan fingerprint density at radius 2 is 2.28 bits per heavy atom. The minimum atomic E-state index is -0.938. The second kappa shape index (κ2) is 6.29. The Kier molecular flexibility index (Phi) is 4.72. The van der Waals surface area contributed by atoms with Crippen LogP contribution in [0.4, 0.5) is 0 Å². The van der Waals surface area contributed by atoms with Crippen molar-refractivity contribution in [3.63, 3.8) is 0 Å². The van der Waals surface area contributed by atoms with Gasteiger partial charge in [0, 0.05) is 18.0 Å².